The number of hydrogen-bond acceptors (Lipinski definition) is 4. The van der Waals surface area contributed by atoms with Gasteiger partial charge in [-0.15, -0.1) is 6.58 Å². The summed E-state index contributed by atoms with van der Waals surface area (Å²) in [5.41, 5.74) is 0.943. The van der Waals surface area contributed by atoms with Crippen LogP contribution in [0.4, 0.5) is 0 Å². The molecule has 4 nitrogen and oxygen atoms in total. The van der Waals surface area contributed by atoms with Crippen molar-refractivity contribution < 1.29 is 18.8 Å². The van der Waals surface area contributed by atoms with E-state index in [4.69, 9.17) is 14.0 Å². The van der Waals surface area contributed by atoms with Gasteiger partial charge >= 0.3 is 13.1 Å². The van der Waals surface area contributed by atoms with Crippen LogP contribution in [0.25, 0.3) is 0 Å². The fraction of sp³-hybridized carbons (Fsp3) is 0.643. The second-order valence-electron chi connectivity index (χ2n) is 4.90. The predicted octanol–water partition coefficient (Wildman–Crippen LogP) is 2.61. The Hall–Kier alpha value is -1.07. The van der Waals surface area contributed by atoms with Gasteiger partial charge in [0.1, 0.15) is 0 Å². The van der Waals surface area contributed by atoms with E-state index in [0.29, 0.717) is 12.9 Å². The number of carbonyl (C=O) groups is 1. The van der Waals surface area contributed by atoms with Crippen molar-refractivity contribution in [2.45, 2.75) is 45.7 Å². The Morgan fingerprint density at radius 1 is 1.47 bits per heavy atom. The van der Waals surface area contributed by atoms with Crippen LogP contribution in [-0.2, 0) is 18.8 Å². The van der Waals surface area contributed by atoms with Gasteiger partial charge in [-0.3, -0.25) is 4.79 Å². The lowest BCUT2D eigenvalue weighted by Crippen LogP contribution is -2.48. The molecule has 19 heavy (non-hydrogen) atoms. The van der Waals surface area contributed by atoms with Crippen molar-refractivity contribution in [3.8, 4) is 0 Å². The summed E-state index contributed by atoms with van der Waals surface area (Å²) in [7, 11) is -0.366. The van der Waals surface area contributed by atoms with E-state index in [9.17, 15) is 4.79 Å². The number of rotatable bonds is 6. The largest absolute Gasteiger partial charge is 0.466 e. The Labute approximate surface area is 115 Å². The minimum absolute atomic E-state index is 0.0722. The standard InChI is InChI=1S/C14H23BO4/c1-6-8-15-18-12(9-13(16)17-7-2)11(5)14(19-15)10(3)4/h6,11-12,14H,1,3,7-9H2,2,4-5H3/t11-,12-,14-/m0/s1. The van der Waals surface area contributed by atoms with Crippen molar-refractivity contribution in [2.24, 2.45) is 5.92 Å². The van der Waals surface area contributed by atoms with Crippen molar-refractivity contribution in [3.05, 3.63) is 24.8 Å². The van der Waals surface area contributed by atoms with Crippen molar-refractivity contribution in [1.82, 2.24) is 0 Å². The average Bonchev–Trinajstić information content (AvgIpc) is 2.33. The first-order chi connectivity index (χ1) is 8.99. The molecular weight excluding hydrogens is 243 g/mol. The molecule has 0 bridgehead atoms. The number of carbonyl (C=O) groups excluding carboxylic acids is 1. The lowest BCUT2D eigenvalue weighted by Gasteiger charge is -2.39. The highest BCUT2D eigenvalue weighted by Crippen LogP contribution is 2.30. The van der Waals surface area contributed by atoms with Crippen LogP contribution in [0, 0.1) is 5.92 Å². The first-order valence-electron chi connectivity index (χ1n) is 6.72. The maximum absolute atomic E-state index is 11.6. The normalized spacial score (nSPS) is 26.9. The van der Waals surface area contributed by atoms with E-state index < -0.39 is 0 Å². The van der Waals surface area contributed by atoms with E-state index in [0.717, 1.165) is 5.57 Å². The molecule has 0 aromatic heterocycles. The average molecular weight is 266 g/mol. The topological polar surface area (TPSA) is 44.8 Å². The van der Waals surface area contributed by atoms with E-state index >= 15 is 0 Å². The van der Waals surface area contributed by atoms with Crippen LogP contribution in [0.5, 0.6) is 0 Å². The van der Waals surface area contributed by atoms with Crippen LogP contribution in [0.1, 0.15) is 27.2 Å². The van der Waals surface area contributed by atoms with E-state index in [1.807, 2.05) is 13.8 Å². The lowest BCUT2D eigenvalue weighted by molar-refractivity contribution is -0.147. The smallest absolute Gasteiger partial charge is 0.461 e. The summed E-state index contributed by atoms with van der Waals surface area (Å²) >= 11 is 0. The highest BCUT2D eigenvalue weighted by Gasteiger charge is 2.40. The fourth-order valence-electron chi connectivity index (χ4n) is 2.26. The molecule has 0 amide bonds. The van der Waals surface area contributed by atoms with Crippen LogP contribution < -0.4 is 0 Å². The summed E-state index contributed by atoms with van der Waals surface area (Å²) in [5.74, 6) is -0.165. The molecule has 0 spiro atoms. The third-order valence-electron chi connectivity index (χ3n) is 3.21. The Balaban J connectivity index is 2.73. The van der Waals surface area contributed by atoms with Gasteiger partial charge in [-0.1, -0.05) is 25.2 Å². The summed E-state index contributed by atoms with van der Waals surface area (Å²) < 4.78 is 16.6. The van der Waals surface area contributed by atoms with Crippen LogP contribution in [0.2, 0.25) is 6.32 Å². The minimum Gasteiger partial charge on any atom is -0.466 e. The van der Waals surface area contributed by atoms with Crippen molar-refractivity contribution in [3.63, 3.8) is 0 Å². The second-order valence-corrected chi connectivity index (χ2v) is 4.90. The zero-order valence-electron chi connectivity index (χ0n) is 12.1. The Morgan fingerprint density at radius 2 is 2.16 bits per heavy atom. The minimum atomic E-state index is -0.366. The van der Waals surface area contributed by atoms with E-state index in [-0.39, 0.29) is 37.6 Å². The summed E-state index contributed by atoms with van der Waals surface area (Å²) in [6.45, 7) is 13.8. The maximum atomic E-state index is 11.6. The van der Waals surface area contributed by atoms with Crippen LogP contribution in [0.3, 0.4) is 0 Å². The third-order valence-corrected chi connectivity index (χ3v) is 3.21. The molecule has 0 N–H and O–H groups in total. The number of allylic oxidation sites excluding steroid dienone is 1. The molecule has 1 aliphatic rings. The Morgan fingerprint density at radius 3 is 2.68 bits per heavy atom. The zero-order valence-corrected chi connectivity index (χ0v) is 12.1. The van der Waals surface area contributed by atoms with Gasteiger partial charge in [0.05, 0.1) is 25.2 Å². The number of esters is 1. The van der Waals surface area contributed by atoms with E-state index in [1.165, 1.54) is 0 Å². The molecule has 1 rings (SSSR count). The van der Waals surface area contributed by atoms with Crippen LogP contribution in [-0.4, -0.2) is 31.9 Å². The van der Waals surface area contributed by atoms with Crippen molar-refractivity contribution in [1.29, 1.82) is 0 Å². The first-order valence-corrected chi connectivity index (χ1v) is 6.72. The van der Waals surface area contributed by atoms with Gasteiger partial charge < -0.3 is 14.0 Å². The molecule has 3 atom stereocenters. The van der Waals surface area contributed by atoms with Gasteiger partial charge in [0.25, 0.3) is 0 Å². The summed E-state index contributed by atoms with van der Waals surface area (Å²) in [5, 5.41) is 0. The molecule has 1 fully saturated rings. The summed E-state index contributed by atoms with van der Waals surface area (Å²) in [4.78, 5) is 11.6. The molecule has 0 aliphatic carbocycles. The van der Waals surface area contributed by atoms with Gasteiger partial charge in [0.2, 0.25) is 0 Å². The molecule has 106 valence electrons. The van der Waals surface area contributed by atoms with Gasteiger partial charge in [-0.05, 0) is 13.8 Å². The molecule has 1 heterocycles. The summed E-state index contributed by atoms with van der Waals surface area (Å²) in [6.07, 6.45) is 2.28. The van der Waals surface area contributed by atoms with Gasteiger partial charge in [-0.2, -0.15) is 0 Å². The lowest BCUT2D eigenvalue weighted by atomic mass is 9.77. The van der Waals surface area contributed by atoms with E-state index in [2.05, 4.69) is 13.2 Å². The molecule has 0 unspecified atom stereocenters. The Kier molecular flexibility index (Phi) is 6.32. The molecule has 0 aromatic carbocycles. The van der Waals surface area contributed by atoms with Crippen LogP contribution >= 0.6 is 0 Å². The molecule has 5 heteroatoms. The Bertz CT molecular complexity index is 342. The highest BCUT2D eigenvalue weighted by molar-refractivity contribution is 6.45. The molecule has 1 saturated heterocycles. The molecule has 0 radical (unpaired) electrons. The predicted molar refractivity (Wildman–Crippen MR) is 75.7 cm³/mol. The first kappa shape index (κ1) is 16.0. The monoisotopic (exact) mass is 266 g/mol. The third kappa shape index (κ3) is 4.51. The number of ether oxygens (including phenoxy) is 1. The summed E-state index contributed by atoms with van der Waals surface area (Å²) in [6, 6.07) is 0. The highest BCUT2D eigenvalue weighted by atomic mass is 16.6. The van der Waals surface area contributed by atoms with Crippen LogP contribution in [0.15, 0.2) is 24.8 Å². The van der Waals surface area contributed by atoms with Gasteiger partial charge in [0.15, 0.2) is 0 Å². The van der Waals surface area contributed by atoms with Gasteiger partial charge in [-0.25, -0.2) is 0 Å². The molecular formula is C14H23BO4. The quantitative estimate of drug-likeness (QED) is 0.421. The SMILES string of the molecule is C=CCB1O[C@@H](CC(=O)OCC)[C@H](C)[C@H](C(=C)C)O1. The van der Waals surface area contributed by atoms with E-state index in [1.54, 1.807) is 13.0 Å². The van der Waals surface area contributed by atoms with Crippen molar-refractivity contribution >= 4 is 13.1 Å². The molecule has 0 aromatic rings. The fourth-order valence-corrected chi connectivity index (χ4v) is 2.26. The second kappa shape index (κ2) is 7.51. The number of hydrogen-bond donors (Lipinski definition) is 0. The van der Waals surface area contributed by atoms with Gasteiger partial charge in [0, 0.05) is 12.2 Å². The van der Waals surface area contributed by atoms with Crippen molar-refractivity contribution in [2.75, 3.05) is 6.61 Å². The molecule has 0 saturated carbocycles. The maximum Gasteiger partial charge on any atom is 0.461 e. The molecule has 1 aliphatic heterocycles. The zero-order chi connectivity index (χ0) is 14.4.